The molecule has 0 atom stereocenters. The Kier molecular flexibility index (Phi) is 3.66. The van der Waals surface area contributed by atoms with Crippen molar-refractivity contribution in [3.63, 3.8) is 0 Å². The van der Waals surface area contributed by atoms with E-state index in [0.717, 1.165) is 5.56 Å². The van der Waals surface area contributed by atoms with Gasteiger partial charge >= 0.3 is 5.97 Å². The van der Waals surface area contributed by atoms with Crippen LogP contribution in [0.4, 0.5) is 0 Å². The molecular formula is C10H8BrNO2. The predicted octanol–water partition coefficient (Wildman–Crippen LogP) is 2.08. The SMILES string of the molecule is N#Cc1ccc(CBr)c(CC(=O)O)c1. The number of halogens is 1. The summed E-state index contributed by atoms with van der Waals surface area (Å²) in [6, 6.07) is 7.05. The van der Waals surface area contributed by atoms with Gasteiger partial charge in [-0.05, 0) is 23.3 Å². The molecule has 72 valence electrons. The minimum atomic E-state index is -0.887. The van der Waals surface area contributed by atoms with Crippen molar-refractivity contribution in [1.82, 2.24) is 0 Å². The number of rotatable bonds is 3. The second-order valence-electron chi connectivity index (χ2n) is 2.80. The lowest BCUT2D eigenvalue weighted by Crippen LogP contribution is -2.03. The number of nitriles is 1. The highest BCUT2D eigenvalue weighted by atomic mass is 79.9. The van der Waals surface area contributed by atoms with Crippen LogP contribution in [0.5, 0.6) is 0 Å². The van der Waals surface area contributed by atoms with Crippen molar-refractivity contribution in [2.45, 2.75) is 11.8 Å². The van der Waals surface area contributed by atoms with Gasteiger partial charge in [-0.25, -0.2) is 0 Å². The summed E-state index contributed by atoms with van der Waals surface area (Å²) in [5.41, 5.74) is 2.09. The topological polar surface area (TPSA) is 61.1 Å². The van der Waals surface area contributed by atoms with Crippen LogP contribution >= 0.6 is 15.9 Å². The van der Waals surface area contributed by atoms with E-state index >= 15 is 0 Å². The van der Waals surface area contributed by atoms with Gasteiger partial charge in [-0.2, -0.15) is 5.26 Å². The Morgan fingerprint density at radius 3 is 2.71 bits per heavy atom. The van der Waals surface area contributed by atoms with E-state index in [4.69, 9.17) is 10.4 Å². The second-order valence-corrected chi connectivity index (χ2v) is 3.36. The molecule has 1 rings (SSSR count). The summed E-state index contributed by atoms with van der Waals surface area (Å²) >= 11 is 3.27. The monoisotopic (exact) mass is 253 g/mol. The van der Waals surface area contributed by atoms with Gasteiger partial charge in [-0.15, -0.1) is 0 Å². The lowest BCUT2D eigenvalue weighted by atomic mass is 10.0. The number of carbonyl (C=O) groups is 1. The summed E-state index contributed by atoms with van der Waals surface area (Å²) in [6.45, 7) is 0. The number of carboxylic acid groups (broad SMARTS) is 1. The van der Waals surface area contributed by atoms with Crippen molar-refractivity contribution < 1.29 is 9.90 Å². The van der Waals surface area contributed by atoms with Gasteiger partial charge in [0.25, 0.3) is 0 Å². The first-order valence-corrected chi connectivity index (χ1v) is 5.09. The zero-order valence-electron chi connectivity index (χ0n) is 7.33. The molecule has 0 aliphatic rings. The standard InChI is InChI=1S/C10H8BrNO2/c11-5-8-2-1-7(6-12)3-9(8)4-10(13)14/h1-3H,4-5H2,(H,13,14). The number of hydrogen-bond acceptors (Lipinski definition) is 2. The Balaban J connectivity index is 3.09. The van der Waals surface area contributed by atoms with Gasteiger partial charge < -0.3 is 5.11 Å². The van der Waals surface area contributed by atoms with E-state index in [2.05, 4.69) is 15.9 Å². The molecule has 0 aliphatic carbocycles. The van der Waals surface area contributed by atoms with Gasteiger partial charge in [0.05, 0.1) is 18.1 Å². The van der Waals surface area contributed by atoms with E-state index in [1.54, 1.807) is 18.2 Å². The van der Waals surface area contributed by atoms with E-state index in [1.807, 2.05) is 6.07 Å². The highest BCUT2D eigenvalue weighted by Crippen LogP contribution is 2.15. The maximum atomic E-state index is 10.5. The lowest BCUT2D eigenvalue weighted by molar-refractivity contribution is -0.136. The molecule has 0 saturated carbocycles. The zero-order valence-corrected chi connectivity index (χ0v) is 8.91. The fourth-order valence-corrected chi connectivity index (χ4v) is 1.70. The molecule has 1 aromatic rings. The molecule has 0 saturated heterocycles. The van der Waals surface area contributed by atoms with Crippen molar-refractivity contribution >= 4 is 21.9 Å². The Hall–Kier alpha value is -1.34. The van der Waals surface area contributed by atoms with Gasteiger partial charge in [-0.3, -0.25) is 4.79 Å². The quantitative estimate of drug-likeness (QED) is 0.840. The third kappa shape index (κ3) is 2.57. The minimum Gasteiger partial charge on any atom is -0.481 e. The largest absolute Gasteiger partial charge is 0.481 e. The Labute approximate surface area is 90.1 Å². The highest BCUT2D eigenvalue weighted by Gasteiger charge is 2.06. The number of benzene rings is 1. The average molecular weight is 254 g/mol. The van der Waals surface area contributed by atoms with Crippen LogP contribution in [0.25, 0.3) is 0 Å². The first-order valence-electron chi connectivity index (χ1n) is 3.97. The molecule has 0 bridgehead atoms. The molecule has 0 aromatic heterocycles. The molecule has 0 fully saturated rings. The van der Waals surface area contributed by atoms with E-state index in [0.29, 0.717) is 16.5 Å². The minimum absolute atomic E-state index is 0.0452. The highest BCUT2D eigenvalue weighted by molar-refractivity contribution is 9.08. The van der Waals surface area contributed by atoms with Crippen LogP contribution in [0.15, 0.2) is 18.2 Å². The van der Waals surface area contributed by atoms with Crippen LogP contribution in [-0.2, 0) is 16.5 Å². The normalized spacial score (nSPS) is 9.43. The Bertz CT molecular complexity index is 396. The third-order valence-corrected chi connectivity index (χ3v) is 2.43. The average Bonchev–Trinajstić information content (AvgIpc) is 2.16. The maximum absolute atomic E-state index is 10.5. The van der Waals surface area contributed by atoms with Crippen molar-refractivity contribution in [3.05, 3.63) is 34.9 Å². The molecule has 3 nitrogen and oxygen atoms in total. The van der Waals surface area contributed by atoms with Crippen LogP contribution in [0.3, 0.4) is 0 Å². The number of nitrogens with zero attached hydrogens (tertiary/aromatic N) is 1. The zero-order chi connectivity index (χ0) is 10.6. The molecule has 0 spiro atoms. The molecule has 14 heavy (non-hydrogen) atoms. The van der Waals surface area contributed by atoms with Gasteiger partial charge in [0, 0.05) is 5.33 Å². The molecule has 0 radical (unpaired) electrons. The van der Waals surface area contributed by atoms with Crippen molar-refractivity contribution in [3.8, 4) is 6.07 Å². The number of alkyl halides is 1. The van der Waals surface area contributed by atoms with Gasteiger partial charge in [0.2, 0.25) is 0 Å². The van der Waals surface area contributed by atoms with E-state index in [1.165, 1.54) is 0 Å². The Morgan fingerprint density at radius 2 is 2.21 bits per heavy atom. The van der Waals surface area contributed by atoms with Crippen LogP contribution in [0, 0.1) is 11.3 Å². The molecule has 0 unspecified atom stereocenters. The van der Waals surface area contributed by atoms with Crippen molar-refractivity contribution in [1.29, 1.82) is 5.26 Å². The molecule has 4 heteroatoms. The number of aliphatic carboxylic acids is 1. The molecular weight excluding hydrogens is 246 g/mol. The summed E-state index contributed by atoms with van der Waals surface area (Å²) in [5.74, 6) is -0.887. The maximum Gasteiger partial charge on any atom is 0.307 e. The fraction of sp³-hybridized carbons (Fsp3) is 0.200. The molecule has 0 aliphatic heterocycles. The molecule has 1 N–H and O–H groups in total. The lowest BCUT2D eigenvalue weighted by Gasteiger charge is -2.04. The first-order chi connectivity index (χ1) is 6.67. The summed E-state index contributed by atoms with van der Waals surface area (Å²) in [6.07, 6.45) is -0.0452. The number of carboxylic acids is 1. The predicted molar refractivity (Wildman–Crippen MR) is 55.1 cm³/mol. The first kappa shape index (κ1) is 10.7. The van der Waals surface area contributed by atoms with E-state index < -0.39 is 5.97 Å². The smallest absolute Gasteiger partial charge is 0.307 e. The second kappa shape index (κ2) is 4.77. The van der Waals surface area contributed by atoms with Gasteiger partial charge in [-0.1, -0.05) is 22.0 Å². The Morgan fingerprint density at radius 1 is 1.50 bits per heavy atom. The van der Waals surface area contributed by atoms with Gasteiger partial charge in [0.1, 0.15) is 0 Å². The van der Waals surface area contributed by atoms with Crippen molar-refractivity contribution in [2.24, 2.45) is 0 Å². The summed E-state index contributed by atoms with van der Waals surface area (Å²) < 4.78 is 0. The third-order valence-electron chi connectivity index (χ3n) is 1.82. The van der Waals surface area contributed by atoms with E-state index in [9.17, 15) is 4.79 Å². The molecule has 0 heterocycles. The molecule has 0 amide bonds. The summed E-state index contributed by atoms with van der Waals surface area (Å²) in [5, 5.41) is 17.9. The molecule has 1 aromatic carbocycles. The number of hydrogen-bond donors (Lipinski definition) is 1. The fourth-order valence-electron chi connectivity index (χ4n) is 1.15. The summed E-state index contributed by atoms with van der Waals surface area (Å²) in [4.78, 5) is 10.5. The van der Waals surface area contributed by atoms with Crippen LogP contribution in [0.2, 0.25) is 0 Å². The van der Waals surface area contributed by atoms with Gasteiger partial charge in [0.15, 0.2) is 0 Å². The summed E-state index contributed by atoms with van der Waals surface area (Å²) in [7, 11) is 0. The van der Waals surface area contributed by atoms with Crippen LogP contribution in [0.1, 0.15) is 16.7 Å². The van der Waals surface area contributed by atoms with Crippen LogP contribution in [-0.4, -0.2) is 11.1 Å². The van der Waals surface area contributed by atoms with E-state index in [-0.39, 0.29) is 6.42 Å². The van der Waals surface area contributed by atoms with Crippen LogP contribution < -0.4 is 0 Å². The van der Waals surface area contributed by atoms with Crippen molar-refractivity contribution in [2.75, 3.05) is 0 Å².